The van der Waals surface area contributed by atoms with Crippen LogP contribution < -0.4 is 4.74 Å². The van der Waals surface area contributed by atoms with Gasteiger partial charge in [-0.05, 0) is 37.6 Å². The maximum atomic E-state index is 10.6. The summed E-state index contributed by atoms with van der Waals surface area (Å²) < 4.78 is 7.54. The third-order valence-corrected chi connectivity index (χ3v) is 2.95. The number of carbonyl (C=O) groups is 1. The molecule has 20 heavy (non-hydrogen) atoms. The lowest BCUT2D eigenvalue weighted by atomic mass is 10.1. The predicted molar refractivity (Wildman–Crippen MR) is 75.0 cm³/mol. The Morgan fingerprint density at radius 2 is 2.00 bits per heavy atom. The number of benzene rings is 1. The van der Waals surface area contributed by atoms with Gasteiger partial charge in [-0.3, -0.25) is 9.48 Å². The van der Waals surface area contributed by atoms with Crippen molar-refractivity contribution >= 4 is 5.97 Å². The molecule has 0 radical (unpaired) electrons. The van der Waals surface area contributed by atoms with E-state index in [1.54, 1.807) is 24.3 Å². The molecule has 1 aromatic carbocycles. The van der Waals surface area contributed by atoms with Crippen molar-refractivity contribution in [3.63, 3.8) is 0 Å². The molecule has 0 saturated heterocycles. The number of ether oxygens (including phenoxy) is 1. The maximum Gasteiger partial charge on any atom is 0.307 e. The minimum atomic E-state index is -0.830. The van der Waals surface area contributed by atoms with Crippen LogP contribution in [0.5, 0.6) is 5.75 Å². The number of carboxylic acids is 1. The molecule has 0 fully saturated rings. The van der Waals surface area contributed by atoms with Gasteiger partial charge in [0.25, 0.3) is 0 Å². The molecule has 0 aliphatic rings. The second-order valence-electron chi connectivity index (χ2n) is 4.71. The summed E-state index contributed by atoms with van der Waals surface area (Å²) in [5.74, 6) is -0.0936. The normalized spacial score (nSPS) is 10.5. The molecule has 0 saturated carbocycles. The molecule has 106 valence electrons. The van der Waals surface area contributed by atoms with Crippen LogP contribution in [0.25, 0.3) is 0 Å². The highest BCUT2D eigenvalue weighted by Gasteiger charge is 2.02. The molecular weight excluding hydrogens is 256 g/mol. The number of aliphatic carboxylic acids is 1. The lowest BCUT2D eigenvalue weighted by Crippen LogP contribution is -2.10. The molecule has 0 aliphatic carbocycles. The number of aromatic nitrogens is 2. The lowest BCUT2D eigenvalue weighted by Gasteiger charge is -2.08. The van der Waals surface area contributed by atoms with Crippen LogP contribution in [0, 0.1) is 13.8 Å². The lowest BCUT2D eigenvalue weighted by molar-refractivity contribution is -0.136. The van der Waals surface area contributed by atoms with Crippen LogP contribution in [0.15, 0.2) is 30.3 Å². The van der Waals surface area contributed by atoms with Crippen LogP contribution in [-0.4, -0.2) is 27.5 Å². The zero-order valence-corrected chi connectivity index (χ0v) is 11.7. The zero-order valence-electron chi connectivity index (χ0n) is 11.7. The van der Waals surface area contributed by atoms with Gasteiger partial charge in [-0.2, -0.15) is 5.10 Å². The predicted octanol–water partition coefficient (Wildman–Crippen LogP) is 2.21. The van der Waals surface area contributed by atoms with Gasteiger partial charge in [0.15, 0.2) is 0 Å². The van der Waals surface area contributed by atoms with Crippen molar-refractivity contribution in [2.45, 2.75) is 26.8 Å². The standard InChI is InChI=1S/C15H18N2O3/c1-11-9-12(2)17(16-11)7-8-20-14-5-3-13(4-6-14)10-15(18)19/h3-6,9H,7-8,10H2,1-2H3,(H,18,19). The molecule has 0 unspecified atom stereocenters. The molecule has 2 aromatic rings. The molecule has 1 aromatic heterocycles. The van der Waals surface area contributed by atoms with Gasteiger partial charge in [0, 0.05) is 5.69 Å². The molecule has 5 nitrogen and oxygen atoms in total. The second-order valence-corrected chi connectivity index (χ2v) is 4.71. The summed E-state index contributed by atoms with van der Waals surface area (Å²) in [4.78, 5) is 10.6. The molecule has 1 N–H and O–H groups in total. The van der Waals surface area contributed by atoms with Gasteiger partial charge in [0.1, 0.15) is 12.4 Å². The number of hydrogen-bond acceptors (Lipinski definition) is 3. The average molecular weight is 274 g/mol. The van der Waals surface area contributed by atoms with E-state index in [0.29, 0.717) is 13.2 Å². The highest BCUT2D eigenvalue weighted by atomic mass is 16.5. The van der Waals surface area contributed by atoms with Crippen LogP contribution in [0.2, 0.25) is 0 Å². The Hall–Kier alpha value is -2.30. The first-order valence-corrected chi connectivity index (χ1v) is 6.49. The molecule has 0 atom stereocenters. The van der Waals surface area contributed by atoms with Crippen molar-refractivity contribution < 1.29 is 14.6 Å². The number of nitrogens with zero attached hydrogens (tertiary/aromatic N) is 2. The van der Waals surface area contributed by atoms with Crippen LogP contribution in [0.1, 0.15) is 17.0 Å². The SMILES string of the molecule is Cc1cc(C)n(CCOc2ccc(CC(=O)O)cc2)n1. The third kappa shape index (κ3) is 3.85. The van der Waals surface area contributed by atoms with E-state index in [1.807, 2.05) is 24.6 Å². The fraction of sp³-hybridized carbons (Fsp3) is 0.333. The first-order chi connectivity index (χ1) is 9.54. The van der Waals surface area contributed by atoms with Gasteiger partial charge in [-0.25, -0.2) is 0 Å². The minimum Gasteiger partial charge on any atom is -0.492 e. The van der Waals surface area contributed by atoms with Crippen molar-refractivity contribution in [2.24, 2.45) is 0 Å². The number of aryl methyl sites for hydroxylation is 2. The van der Waals surface area contributed by atoms with Crippen molar-refractivity contribution in [1.82, 2.24) is 9.78 Å². The van der Waals surface area contributed by atoms with Crippen LogP contribution in [-0.2, 0) is 17.8 Å². The molecule has 0 spiro atoms. The second kappa shape index (κ2) is 6.23. The van der Waals surface area contributed by atoms with Crippen LogP contribution in [0.3, 0.4) is 0 Å². The fourth-order valence-electron chi connectivity index (χ4n) is 2.03. The van der Waals surface area contributed by atoms with E-state index in [9.17, 15) is 4.79 Å². The first-order valence-electron chi connectivity index (χ1n) is 6.49. The van der Waals surface area contributed by atoms with E-state index in [0.717, 1.165) is 22.7 Å². The quantitative estimate of drug-likeness (QED) is 0.877. The third-order valence-electron chi connectivity index (χ3n) is 2.95. The Kier molecular flexibility index (Phi) is 4.40. The summed E-state index contributed by atoms with van der Waals surface area (Å²) in [6.07, 6.45) is 0.0338. The molecular formula is C15H18N2O3. The Labute approximate surface area is 117 Å². The largest absolute Gasteiger partial charge is 0.492 e. The van der Waals surface area contributed by atoms with Crippen molar-refractivity contribution in [3.8, 4) is 5.75 Å². The van der Waals surface area contributed by atoms with E-state index in [1.165, 1.54) is 0 Å². The Morgan fingerprint density at radius 3 is 2.55 bits per heavy atom. The smallest absolute Gasteiger partial charge is 0.307 e. The minimum absolute atomic E-state index is 0.0338. The molecule has 1 heterocycles. The zero-order chi connectivity index (χ0) is 14.5. The average Bonchev–Trinajstić information content (AvgIpc) is 2.69. The Balaban J connectivity index is 1.85. The summed E-state index contributed by atoms with van der Waals surface area (Å²) in [6.45, 7) is 5.20. The van der Waals surface area contributed by atoms with Crippen LogP contribution in [0.4, 0.5) is 0 Å². The molecule has 2 rings (SSSR count). The van der Waals surface area contributed by atoms with Gasteiger partial charge in [0.05, 0.1) is 18.7 Å². The number of hydrogen-bond donors (Lipinski definition) is 1. The van der Waals surface area contributed by atoms with Gasteiger partial charge in [0.2, 0.25) is 0 Å². The maximum absolute atomic E-state index is 10.6. The van der Waals surface area contributed by atoms with E-state index >= 15 is 0 Å². The first kappa shape index (κ1) is 14.1. The van der Waals surface area contributed by atoms with E-state index < -0.39 is 5.97 Å². The highest BCUT2D eigenvalue weighted by Crippen LogP contribution is 2.13. The van der Waals surface area contributed by atoms with E-state index in [2.05, 4.69) is 5.10 Å². The molecule has 0 amide bonds. The van der Waals surface area contributed by atoms with Gasteiger partial charge < -0.3 is 9.84 Å². The molecule has 0 bridgehead atoms. The fourth-order valence-corrected chi connectivity index (χ4v) is 2.03. The topological polar surface area (TPSA) is 64.3 Å². The van der Waals surface area contributed by atoms with Crippen molar-refractivity contribution in [1.29, 1.82) is 0 Å². The van der Waals surface area contributed by atoms with E-state index in [-0.39, 0.29) is 6.42 Å². The highest BCUT2D eigenvalue weighted by molar-refractivity contribution is 5.70. The summed E-state index contributed by atoms with van der Waals surface area (Å²) in [6, 6.07) is 9.15. The Morgan fingerprint density at radius 1 is 1.30 bits per heavy atom. The van der Waals surface area contributed by atoms with Crippen molar-refractivity contribution in [3.05, 3.63) is 47.3 Å². The summed E-state index contributed by atoms with van der Waals surface area (Å²) in [5, 5.41) is 13.1. The van der Waals surface area contributed by atoms with Crippen LogP contribution >= 0.6 is 0 Å². The Bertz CT molecular complexity index is 588. The summed E-state index contributed by atoms with van der Waals surface area (Å²) >= 11 is 0. The van der Waals surface area contributed by atoms with E-state index in [4.69, 9.17) is 9.84 Å². The molecule has 0 aliphatic heterocycles. The summed E-state index contributed by atoms with van der Waals surface area (Å²) in [5.41, 5.74) is 2.88. The number of rotatable bonds is 6. The monoisotopic (exact) mass is 274 g/mol. The van der Waals surface area contributed by atoms with Gasteiger partial charge in [-0.15, -0.1) is 0 Å². The number of carboxylic acid groups (broad SMARTS) is 1. The van der Waals surface area contributed by atoms with Gasteiger partial charge in [-0.1, -0.05) is 12.1 Å². The van der Waals surface area contributed by atoms with Crippen molar-refractivity contribution in [2.75, 3.05) is 6.61 Å². The summed E-state index contributed by atoms with van der Waals surface area (Å²) in [7, 11) is 0. The molecule has 5 heteroatoms. The van der Waals surface area contributed by atoms with Gasteiger partial charge >= 0.3 is 5.97 Å².